The van der Waals surface area contributed by atoms with Crippen LogP contribution in [0.4, 0.5) is 13.2 Å². The van der Waals surface area contributed by atoms with Crippen LogP contribution in [0.5, 0.6) is 0 Å². The number of hydrogen-bond donors (Lipinski definition) is 1. The lowest BCUT2D eigenvalue weighted by molar-refractivity contribution is -0.152. The quantitative estimate of drug-likeness (QED) is 0.717. The molecule has 2 N–H and O–H groups in total. The standard InChI is InChI=1S/C7H8F3NO/c1-4-2-3-5(12-4)6(11)7(8,9)10/h2-3,6H,11H2,1H3/t6-/m1/s1. The van der Waals surface area contributed by atoms with Crippen molar-refractivity contribution < 1.29 is 17.6 Å². The maximum atomic E-state index is 12.0. The molecule has 0 amide bonds. The number of hydrogen-bond acceptors (Lipinski definition) is 2. The molecule has 0 bridgehead atoms. The minimum absolute atomic E-state index is 0.250. The molecule has 0 radical (unpaired) electrons. The molecule has 0 aliphatic rings. The molecule has 1 rings (SSSR count). The topological polar surface area (TPSA) is 39.2 Å². The number of halogens is 3. The van der Waals surface area contributed by atoms with Crippen molar-refractivity contribution in [3.8, 4) is 0 Å². The molecular formula is C7H8F3NO. The van der Waals surface area contributed by atoms with Crippen LogP contribution in [-0.4, -0.2) is 6.18 Å². The molecule has 12 heavy (non-hydrogen) atoms. The van der Waals surface area contributed by atoms with Crippen molar-refractivity contribution in [1.82, 2.24) is 0 Å². The van der Waals surface area contributed by atoms with E-state index in [1.165, 1.54) is 12.1 Å². The number of nitrogens with two attached hydrogens (primary N) is 1. The molecule has 5 heteroatoms. The van der Waals surface area contributed by atoms with Gasteiger partial charge in [-0.05, 0) is 19.1 Å². The highest BCUT2D eigenvalue weighted by Gasteiger charge is 2.39. The van der Waals surface area contributed by atoms with Crippen LogP contribution in [0.1, 0.15) is 17.6 Å². The highest BCUT2D eigenvalue weighted by molar-refractivity contribution is 5.10. The van der Waals surface area contributed by atoms with Gasteiger partial charge in [0.25, 0.3) is 0 Å². The van der Waals surface area contributed by atoms with Crippen molar-refractivity contribution in [2.45, 2.75) is 19.1 Å². The van der Waals surface area contributed by atoms with Crippen LogP contribution in [0.25, 0.3) is 0 Å². The van der Waals surface area contributed by atoms with Gasteiger partial charge in [-0.15, -0.1) is 0 Å². The van der Waals surface area contributed by atoms with E-state index in [1.807, 2.05) is 0 Å². The minimum atomic E-state index is -4.44. The van der Waals surface area contributed by atoms with Gasteiger partial charge in [0, 0.05) is 0 Å². The summed E-state index contributed by atoms with van der Waals surface area (Å²) in [5, 5.41) is 0. The molecule has 0 fully saturated rings. The highest BCUT2D eigenvalue weighted by atomic mass is 19.4. The Balaban J connectivity index is 2.85. The van der Waals surface area contributed by atoms with E-state index in [-0.39, 0.29) is 5.76 Å². The third kappa shape index (κ3) is 1.79. The Morgan fingerprint density at radius 2 is 2.00 bits per heavy atom. The summed E-state index contributed by atoms with van der Waals surface area (Å²) < 4.78 is 40.6. The Morgan fingerprint density at radius 3 is 2.33 bits per heavy atom. The molecule has 1 aromatic heterocycles. The second-order valence-corrected chi connectivity index (χ2v) is 2.47. The van der Waals surface area contributed by atoms with Crippen LogP contribution < -0.4 is 5.73 Å². The van der Waals surface area contributed by atoms with Gasteiger partial charge in [0.05, 0.1) is 0 Å². The van der Waals surface area contributed by atoms with Crippen molar-refractivity contribution in [1.29, 1.82) is 0 Å². The molecule has 0 unspecified atom stereocenters. The smallest absolute Gasteiger partial charge is 0.410 e. The van der Waals surface area contributed by atoms with Gasteiger partial charge in [-0.25, -0.2) is 0 Å². The van der Waals surface area contributed by atoms with Crippen LogP contribution in [0, 0.1) is 6.92 Å². The van der Waals surface area contributed by atoms with E-state index in [2.05, 4.69) is 0 Å². The first-order chi connectivity index (χ1) is 5.41. The zero-order valence-corrected chi connectivity index (χ0v) is 6.35. The third-order valence-electron chi connectivity index (χ3n) is 1.42. The summed E-state index contributed by atoms with van der Waals surface area (Å²) >= 11 is 0. The van der Waals surface area contributed by atoms with E-state index in [4.69, 9.17) is 10.2 Å². The zero-order chi connectivity index (χ0) is 9.35. The Hall–Kier alpha value is -0.970. The lowest BCUT2D eigenvalue weighted by atomic mass is 10.2. The van der Waals surface area contributed by atoms with E-state index < -0.39 is 12.2 Å². The molecule has 0 spiro atoms. The second kappa shape index (κ2) is 2.82. The summed E-state index contributed by atoms with van der Waals surface area (Å²) in [7, 11) is 0. The predicted molar refractivity (Wildman–Crippen MR) is 36.4 cm³/mol. The average molecular weight is 179 g/mol. The molecule has 1 heterocycles. The SMILES string of the molecule is Cc1ccc([C@@H](N)C(F)(F)F)o1. The fourth-order valence-corrected chi connectivity index (χ4v) is 0.782. The van der Waals surface area contributed by atoms with Crippen molar-refractivity contribution in [3.63, 3.8) is 0 Å². The summed E-state index contributed by atoms with van der Waals surface area (Å²) in [4.78, 5) is 0. The number of furan rings is 1. The molecule has 0 saturated carbocycles. The van der Waals surface area contributed by atoms with Crippen molar-refractivity contribution in [3.05, 3.63) is 23.7 Å². The van der Waals surface area contributed by atoms with Crippen LogP contribution in [0.3, 0.4) is 0 Å². The van der Waals surface area contributed by atoms with Crippen molar-refractivity contribution in [2.75, 3.05) is 0 Å². The predicted octanol–water partition coefficient (Wildman–Crippen LogP) is 2.15. The van der Waals surface area contributed by atoms with E-state index in [0.29, 0.717) is 5.76 Å². The summed E-state index contributed by atoms with van der Waals surface area (Å²) in [6, 6.07) is 0.653. The van der Waals surface area contributed by atoms with E-state index in [0.717, 1.165) is 0 Å². The number of aryl methyl sites for hydroxylation is 1. The maximum absolute atomic E-state index is 12.0. The van der Waals surface area contributed by atoms with Gasteiger partial charge >= 0.3 is 6.18 Å². The van der Waals surface area contributed by atoms with Gasteiger partial charge in [-0.1, -0.05) is 0 Å². The third-order valence-corrected chi connectivity index (χ3v) is 1.42. The summed E-state index contributed by atoms with van der Waals surface area (Å²) in [5.74, 6) is 0.171. The molecule has 0 aliphatic carbocycles. The van der Waals surface area contributed by atoms with E-state index >= 15 is 0 Å². The normalized spacial score (nSPS) is 14.8. The first-order valence-corrected chi connectivity index (χ1v) is 3.30. The Labute approximate surface area is 67.2 Å². The van der Waals surface area contributed by atoms with Crippen LogP contribution >= 0.6 is 0 Å². The fraction of sp³-hybridized carbons (Fsp3) is 0.429. The van der Waals surface area contributed by atoms with E-state index in [1.54, 1.807) is 6.92 Å². The van der Waals surface area contributed by atoms with Gasteiger partial charge in [-0.2, -0.15) is 13.2 Å². The van der Waals surface area contributed by atoms with Gasteiger partial charge in [0.1, 0.15) is 11.5 Å². The van der Waals surface area contributed by atoms with Crippen LogP contribution in [-0.2, 0) is 0 Å². The lowest BCUT2D eigenvalue weighted by Crippen LogP contribution is -2.27. The Morgan fingerprint density at radius 1 is 1.42 bits per heavy atom. The van der Waals surface area contributed by atoms with Crippen LogP contribution in [0.15, 0.2) is 16.5 Å². The highest BCUT2D eigenvalue weighted by Crippen LogP contribution is 2.30. The maximum Gasteiger partial charge on any atom is 0.410 e. The fourth-order valence-electron chi connectivity index (χ4n) is 0.782. The largest absolute Gasteiger partial charge is 0.464 e. The summed E-state index contributed by atoms with van der Waals surface area (Å²) in [6.07, 6.45) is -4.44. The van der Waals surface area contributed by atoms with Gasteiger partial charge in [-0.3, -0.25) is 0 Å². The minimum Gasteiger partial charge on any atom is -0.464 e. The molecule has 0 aromatic carbocycles. The molecule has 1 aromatic rings. The van der Waals surface area contributed by atoms with Crippen LogP contribution in [0.2, 0.25) is 0 Å². The molecule has 1 atom stereocenters. The Bertz CT molecular complexity index is 266. The Kier molecular flexibility index (Phi) is 2.14. The van der Waals surface area contributed by atoms with Crippen molar-refractivity contribution >= 4 is 0 Å². The molecule has 0 saturated heterocycles. The molecule has 0 aliphatic heterocycles. The van der Waals surface area contributed by atoms with E-state index in [9.17, 15) is 13.2 Å². The molecular weight excluding hydrogens is 171 g/mol. The first-order valence-electron chi connectivity index (χ1n) is 3.30. The number of alkyl halides is 3. The zero-order valence-electron chi connectivity index (χ0n) is 6.35. The summed E-state index contributed by atoms with van der Waals surface area (Å²) in [5.41, 5.74) is 4.87. The average Bonchev–Trinajstić information content (AvgIpc) is 2.32. The second-order valence-electron chi connectivity index (χ2n) is 2.47. The van der Waals surface area contributed by atoms with Gasteiger partial charge in [0.2, 0.25) is 0 Å². The molecule has 68 valence electrons. The van der Waals surface area contributed by atoms with Gasteiger partial charge in [0.15, 0.2) is 6.04 Å². The van der Waals surface area contributed by atoms with Gasteiger partial charge < -0.3 is 10.2 Å². The first kappa shape index (κ1) is 9.12. The molecule has 2 nitrogen and oxygen atoms in total. The number of rotatable bonds is 1. The lowest BCUT2D eigenvalue weighted by Gasteiger charge is -2.12. The van der Waals surface area contributed by atoms with Crippen molar-refractivity contribution in [2.24, 2.45) is 5.73 Å². The monoisotopic (exact) mass is 179 g/mol. The summed E-state index contributed by atoms with van der Waals surface area (Å²) in [6.45, 7) is 1.56.